The summed E-state index contributed by atoms with van der Waals surface area (Å²) in [6, 6.07) is 1.67. The smallest absolute Gasteiger partial charge is 0.282 e. The summed E-state index contributed by atoms with van der Waals surface area (Å²) >= 11 is 6.38. The van der Waals surface area contributed by atoms with Gasteiger partial charge in [-0.05, 0) is 32.8 Å². The van der Waals surface area contributed by atoms with Crippen molar-refractivity contribution in [3.63, 3.8) is 0 Å². The van der Waals surface area contributed by atoms with E-state index < -0.39 is 18.0 Å². The van der Waals surface area contributed by atoms with Crippen LogP contribution in [-0.2, 0) is 11.9 Å². The Morgan fingerprint density at radius 3 is 2.81 bits per heavy atom. The third-order valence-corrected chi connectivity index (χ3v) is 4.50. The zero-order chi connectivity index (χ0) is 22.5. The molecule has 1 fully saturated rings. The molecule has 0 aliphatic heterocycles. The number of oxime groups is 1. The molecule has 1 aliphatic carbocycles. The topological polar surface area (TPSA) is 81.4 Å². The number of alkyl halides is 2. The first-order valence-electron chi connectivity index (χ1n) is 9.74. The van der Waals surface area contributed by atoms with Crippen LogP contribution in [0.25, 0.3) is 0 Å². The summed E-state index contributed by atoms with van der Waals surface area (Å²) in [5.74, 6) is 5.89. The average Bonchev–Trinajstić information content (AvgIpc) is 3.46. The van der Waals surface area contributed by atoms with Gasteiger partial charge in [-0.3, -0.25) is 14.5 Å². The first kappa shape index (κ1) is 22.7. The molecule has 1 aliphatic rings. The Labute approximate surface area is 183 Å². The lowest BCUT2D eigenvalue weighted by molar-refractivity contribution is 0.0853. The van der Waals surface area contributed by atoms with Crippen LogP contribution in [0.4, 0.5) is 8.78 Å². The van der Waals surface area contributed by atoms with Crippen molar-refractivity contribution in [2.75, 3.05) is 6.54 Å². The van der Waals surface area contributed by atoms with E-state index in [9.17, 15) is 13.6 Å². The van der Waals surface area contributed by atoms with E-state index in [2.05, 4.69) is 32.4 Å². The van der Waals surface area contributed by atoms with Crippen LogP contribution in [0.2, 0.25) is 5.02 Å². The molecule has 2 heterocycles. The number of aryl methyl sites for hydroxylation is 1. The molecular formula is C21H22ClF2N5O2. The molecule has 0 bridgehead atoms. The van der Waals surface area contributed by atoms with Gasteiger partial charge < -0.3 is 10.2 Å². The maximum absolute atomic E-state index is 13.1. The number of nitrogens with one attached hydrogen (secondary N) is 1. The van der Waals surface area contributed by atoms with E-state index in [1.54, 1.807) is 26.1 Å². The van der Waals surface area contributed by atoms with Gasteiger partial charge in [0.25, 0.3) is 12.3 Å². The first-order valence-corrected chi connectivity index (χ1v) is 10.1. The molecule has 0 saturated heterocycles. The number of rotatable bonds is 7. The van der Waals surface area contributed by atoms with Crippen LogP contribution in [0, 0.1) is 17.8 Å². The van der Waals surface area contributed by atoms with Crippen molar-refractivity contribution in [2.45, 2.75) is 39.2 Å². The van der Waals surface area contributed by atoms with Gasteiger partial charge in [0.1, 0.15) is 23.2 Å². The van der Waals surface area contributed by atoms with Gasteiger partial charge >= 0.3 is 0 Å². The lowest BCUT2D eigenvalue weighted by atomic mass is 10.2. The number of halogens is 3. The molecule has 3 rings (SSSR count). The minimum Gasteiger partial charge on any atom is -0.393 e. The molecule has 10 heteroatoms. The van der Waals surface area contributed by atoms with Crippen molar-refractivity contribution >= 4 is 23.2 Å². The second-order valence-electron chi connectivity index (χ2n) is 7.38. The molecule has 7 nitrogen and oxygen atoms in total. The van der Waals surface area contributed by atoms with Crippen LogP contribution in [0.3, 0.4) is 0 Å². The van der Waals surface area contributed by atoms with Gasteiger partial charge in [0.05, 0.1) is 17.1 Å². The van der Waals surface area contributed by atoms with Crippen molar-refractivity contribution < 1.29 is 18.4 Å². The highest BCUT2D eigenvalue weighted by molar-refractivity contribution is 6.34. The second-order valence-corrected chi connectivity index (χ2v) is 7.78. The maximum Gasteiger partial charge on any atom is 0.282 e. The summed E-state index contributed by atoms with van der Waals surface area (Å²) in [6.45, 7) is 3.44. The van der Waals surface area contributed by atoms with Gasteiger partial charge in [0.2, 0.25) is 0 Å². The van der Waals surface area contributed by atoms with Crippen LogP contribution in [-0.4, -0.2) is 39.0 Å². The number of nitrogens with zero attached hydrogens (tertiary/aromatic N) is 4. The fourth-order valence-electron chi connectivity index (χ4n) is 2.56. The van der Waals surface area contributed by atoms with E-state index >= 15 is 0 Å². The summed E-state index contributed by atoms with van der Waals surface area (Å²) in [7, 11) is 1.46. The van der Waals surface area contributed by atoms with Crippen LogP contribution < -0.4 is 5.32 Å². The van der Waals surface area contributed by atoms with Gasteiger partial charge in [0, 0.05) is 30.9 Å². The number of carbonyl (C=O) groups is 1. The first-order chi connectivity index (χ1) is 14.7. The maximum atomic E-state index is 13.1. The largest absolute Gasteiger partial charge is 0.393 e. The van der Waals surface area contributed by atoms with Crippen molar-refractivity contribution in [1.82, 2.24) is 20.1 Å². The van der Waals surface area contributed by atoms with E-state index in [4.69, 9.17) is 16.4 Å². The van der Waals surface area contributed by atoms with Crippen LogP contribution in [0.5, 0.6) is 0 Å². The number of amides is 1. The monoisotopic (exact) mass is 449 g/mol. The van der Waals surface area contributed by atoms with Crippen LogP contribution >= 0.6 is 11.6 Å². The molecule has 0 atom stereocenters. The summed E-state index contributed by atoms with van der Waals surface area (Å²) < 4.78 is 27.4. The third-order valence-electron chi connectivity index (χ3n) is 4.21. The van der Waals surface area contributed by atoms with E-state index in [1.807, 2.05) is 0 Å². The molecule has 0 unspecified atom stereocenters. The Bertz CT molecular complexity index is 1050. The van der Waals surface area contributed by atoms with Gasteiger partial charge in [0.15, 0.2) is 0 Å². The molecule has 1 amide bonds. The highest BCUT2D eigenvalue weighted by atomic mass is 35.5. The molecule has 0 spiro atoms. The normalized spacial score (nSPS) is 13.9. The number of pyridine rings is 1. The summed E-state index contributed by atoms with van der Waals surface area (Å²) in [5.41, 5.74) is 0.417. The van der Waals surface area contributed by atoms with Gasteiger partial charge in [-0.15, -0.1) is 0 Å². The zero-order valence-electron chi connectivity index (χ0n) is 17.3. The molecule has 1 saturated carbocycles. The lowest BCUT2D eigenvalue weighted by Gasteiger charge is -2.11. The van der Waals surface area contributed by atoms with Crippen molar-refractivity contribution in [3.8, 4) is 11.8 Å². The van der Waals surface area contributed by atoms with Crippen LogP contribution in [0.15, 0.2) is 23.6 Å². The Morgan fingerprint density at radius 2 is 2.19 bits per heavy atom. The van der Waals surface area contributed by atoms with E-state index in [0.717, 1.165) is 17.5 Å². The molecule has 0 aromatic carbocycles. The molecule has 31 heavy (non-hydrogen) atoms. The molecule has 1 N–H and O–H groups in total. The minimum atomic E-state index is -2.88. The fraction of sp³-hybridized carbons (Fsp3) is 0.429. The number of carbonyl (C=O) groups excluding carboxylic acids is 1. The minimum absolute atomic E-state index is 0.136. The summed E-state index contributed by atoms with van der Waals surface area (Å²) in [5, 5.41) is 10.5. The Hall–Kier alpha value is -2.99. The predicted octanol–water partition coefficient (Wildman–Crippen LogP) is 3.73. The zero-order valence-corrected chi connectivity index (χ0v) is 18.1. The highest BCUT2D eigenvalue weighted by Gasteiger charge is 2.23. The predicted molar refractivity (Wildman–Crippen MR) is 112 cm³/mol. The molecule has 0 radical (unpaired) electrons. The number of hydrogen-bond acceptors (Lipinski definition) is 5. The standard InChI is InChI=1S/C21H22ClF2N5O2/c1-12(2)31-28-17(10-26-21(30)15-11-29(3)27-18(15)20(23)24)19-16(22)8-14(9-25-19)7-6-13-4-5-13/h8-9,11-13,20H,4-5,10H2,1-3H3,(H,26,30)/b28-17+. The van der Waals surface area contributed by atoms with E-state index in [1.165, 1.54) is 13.2 Å². The van der Waals surface area contributed by atoms with Crippen molar-refractivity contribution in [3.05, 3.63) is 46.0 Å². The second kappa shape index (κ2) is 9.88. The van der Waals surface area contributed by atoms with E-state index in [0.29, 0.717) is 17.2 Å². The molecule has 2 aromatic rings. The van der Waals surface area contributed by atoms with Crippen molar-refractivity contribution in [2.24, 2.45) is 18.1 Å². The van der Waals surface area contributed by atoms with Crippen LogP contribution in [0.1, 0.15) is 60.4 Å². The molecular weight excluding hydrogens is 428 g/mol. The average molecular weight is 450 g/mol. The molecule has 2 aromatic heterocycles. The lowest BCUT2D eigenvalue weighted by Crippen LogP contribution is -2.31. The summed E-state index contributed by atoms with van der Waals surface area (Å²) in [4.78, 5) is 22.1. The Kier molecular flexibility index (Phi) is 7.23. The SMILES string of the molecule is CC(C)O/N=C(\CNC(=O)c1cn(C)nc1C(F)F)c1ncc(C#CC2CC2)cc1Cl. The fourth-order valence-corrected chi connectivity index (χ4v) is 2.84. The summed E-state index contributed by atoms with van der Waals surface area (Å²) in [6.07, 6.45) is 1.92. The van der Waals surface area contributed by atoms with Gasteiger partial charge in [-0.1, -0.05) is 28.6 Å². The Balaban J connectivity index is 1.79. The number of hydrogen-bond donors (Lipinski definition) is 1. The quantitative estimate of drug-likeness (QED) is 0.397. The number of aromatic nitrogens is 3. The highest BCUT2D eigenvalue weighted by Crippen LogP contribution is 2.27. The Morgan fingerprint density at radius 1 is 1.45 bits per heavy atom. The van der Waals surface area contributed by atoms with Gasteiger partial charge in [-0.25, -0.2) is 8.78 Å². The van der Waals surface area contributed by atoms with E-state index in [-0.39, 0.29) is 28.9 Å². The van der Waals surface area contributed by atoms with Gasteiger partial charge in [-0.2, -0.15) is 5.10 Å². The van der Waals surface area contributed by atoms with Crippen molar-refractivity contribution in [1.29, 1.82) is 0 Å². The third kappa shape index (κ3) is 6.25. The molecule has 164 valence electrons.